The lowest BCUT2D eigenvalue weighted by Crippen LogP contribution is -2.00. The van der Waals surface area contributed by atoms with Crippen LogP contribution in [0.25, 0.3) is 5.69 Å². The molecule has 0 aliphatic rings. The molecular formula is C13H17N3. The Labute approximate surface area is 96.1 Å². The van der Waals surface area contributed by atoms with Crippen molar-refractivity contribution in [2.75, 3.05) is 0 Å². The Bertz CT molecular complexity index is 457. The van der Waals surface area contributed by atoms with Crippen LogP contribution in [0, 0.1) is 12.8 Å². The number of hydrogen-bond acceptors (Lipinski definition) is 2. The maximum absolute atomic E-state index is 4.53. The molecule has 0 spiro atoms. The van der Waals surface area contributed by atoms with Crippen LogP contribution < -0.4 is 0 Å². The zero-order chi connectivity index (χ0) is 11.5. The van der Waals surface area contributed by atoms with Gasteiger partial charge in [-0.1, -0.05) is 32.0 Å². The SMILES string of the molecule is Cc1nn(-c2ccccc2)nc1CC(C)C. The van der Waals surface area contributed by atoms with Gasteiger partial charge in [0.05, 0.1) is 17.1 Å². The van der Waals surface area contributed by atoms with Crippen LogP contribution in [0.3, 0.4) is 0 Å². The van der Waals surface area contributed by atoms with Crippen LogP contribution in [0.15, 0.2) is 30.3 Å². The molecule has 0 N–H and O–H groups in total. The molecule has 2 aromatic rings. The third kappa shape index (κ3) is 2.30. The fourth-order valence-corrected chi connectivity index (χ4v) is 1.66. The van der Waals surface area contributed by atoms with E-state index in [1.54, 1.807) is 4.80 Å². The quantitative estimate of drug-likeness (QED) is 0.788. The van der Waals surface area contributed by atoms with Crippen molar-refractivity contribution in [1.82, 2.24) is 15.0 Å². The zero-order valence-corrected chi connectivity index (χ0v) is 10.0. The van der Waals surface area contributed by atoms with Crippen LogP contribution in [-0.4, -0.2) is 15.0 Å². The van der Waals surface area contributed by atoms with E-state index in [-0.39, 0.29) is 0 Å². The molecule has 0 saturated heterocycles. The molecule has 0 radical (unpaired) electrons. The minimum atomic E-state index is 0.611. The average Bonchev–Trinajstić information content (AvgIpc) is 2.61. The third-order valence-corrected chi connectivity index (χ3v) is 2.47. The van der Waals surface area contributed by atoms with Gasteiger partial charge >= 0.3 is 0 Å². The van der Waals surface area contributed by atoms with Crippen LogP contribution in [0.2, 0.25) is 0 Å². The summed E-state index contributed by atoms with van der Waals surface area (Å²) in [6.45, 7) is 6.41. The number of aryl methyl sites for hydroxylation is 1. The summed E-state index contributed by atoms with van der Waals surface area (Å²) in [5.41, 5.74) is 3.14. The predicted octanol–water partition coefficient (Wildman–Crippen LogP) is 2.77. The van der Waals surface area contributed by atoms with E-state index in [2.05, 4.69) is 24.0 Å². The van der Waals surface area contributed by atoms with Crippen LogP contribution in [0.1, 0.15) is 25.2 Å². The Morgan fingerprint density at radius 3 is 2.44 bits per heavy atom. The second-order valence-electron chi connectivity index (χ2n) is 4.46. The molecule has 0 aliphatic heterocycles. The van der Waals surface area contributed by atoms with Gasteiger partial charge in [0.15, 0.2) is 0 Å². The van der Waals surface area contributed by atoms with Crippen molar-refractivity contribution in [3.05, 3.63) is 41.7 Å². The van der Waals surface area contributed by atoms with Crippen LogP contribution >= 0.6 is 0 Å². The van der Waals surface area contributed by atoms with E-state index in [1.165, 1.54) is 0 Å². The van der Waals surface area contributed by atoms with Crippen molar-refractivity contribution in [2.45, 2.75) is 27.2 Å². The molecule has 0 fully saturated rings. The molecule has 3 nitrogen and oxygen atoms in total. The number of rotatable bonds is 3. The van der Waals surface area contributed by atoms with Gasteiger partial charge in [-0.15, -0.1) is 0 Å². The molecule has 0 atom stereocenters. The van der Waals surface area contributed by atoms with Gasteiger partial charge in [0, 0.05) is 0 Å². The maximum atomic E-state index is 4.53. The number of benzene rings is 1. The molecule has 3 heteroatoms. The molecule has 2 rings (SSSR count). The Kier molecular flexibility index (Phi) is 3.04. The molecule has 0 bridgehead atoms. The van der Waals surface area contributed by atoms with E-state index in [0.717, 1.165) is 23.5 Å². The second kappa shape index (κ2) is 4.47. The molecule has 0 saturated carbocycles. The summed E-state index contributed by atoms with van der Waals surface area (Å²) in [7, 11) is 0. The van der Waals surface area contributed by atoms with Gasteiger partial charge in [0.25, 0.3) is 0 Å². The predicted molar refractivity (Wildman–Crippen MR) is 64.6 cm³/mol. The smallest absolute Gasteiger partial charge is 0.0863 e. The Morgan fingerprint density at radius 1 is 1.12 bits per heavy atom. The second-order valence-corrected chi connectivity index (χ2v) is 4.46. The van der Waals surface area contributed by atoms with Gasteiger partial charge in [-0.05, 0) is 31.4 Å². The molecule has 0 unspecified atom stereocenters. The summed E-state index contributed by atoms with van der Waals surface area (Å²) in [5.74, 6) is 0.611. The molecule has 1 aromatic heterocycles. The molecule has 1 aromatic carbocycles. The van der Waals surface area contributed by atoms with Gasteiger partial charge in [0.2, 0.25) is 0 Å². The fraction of sp³-hybridized carbons (Fsp3) is 0.385. The van der Waals surface area contributed by atoms with Gasteiger partial charge in [-0.2, -0.15) is 15.0 Å². The Balaban J connectivity index is 2.31. The van der Waals surface area contributed by atoms with E-state index in [0.29, 0.717) is 5.92 Å². The van der Waals surface area contributed by atoms with E-state index in [9.17, 15) is 0 Å². The minimum absolute atomic E-state index is 0.611. The Morgan fingerprint density at radius 2 is 1.81 bits per heavy atom. The first-order valence-electron chi connectivity index (χ1n) is 5.65. The average molecular weight is 215 g/mol. The fourth-order valence-electron chi connectivity index (χ4n) is 1.66. The van der Waals surface area contributed by atoms with Crippen LogP contribution in [0.4, 0.5) is 0 Å². The monoisotopic (exact) mass is 215 g/mol. The topological polar surface area (TPSA) is 30.7 Å². The van der Waals surface area contributed by atoms with Gasteiger partial charge in [-0.3, -0.25) is 0 Å². The molecule has 0 aliphatic carbocycles. The number of para-hydroxylation sites is 1. The van der Waals surface area contributed by atoms with Crippen LogP contribution in [-0.2, 0) is 6.42 Å². The summed E-state index contributed by atoms with van der Waals surface area (Å²) in [5, 5.41) is 8.97. The van der Waals surface area contributed by atoms with Crippen molar-refractivity contribution in [1.29, 1.82) is 0 Å². The number of aromatic nitrogens is 3. The zero-order valence-electron chi connectivity index (χ0n) is 10.0. The highest BCUT2D eigenvalue weighted by atomic mass is 15.5. The first kappa shape index (κ1) is 10.9. The molecule has 16 heavy (non-hydrogen) atoms. The summed E-state index contributed by atoms with van der Waals surface area (Å²) in [4.78, 5) is 1.72. The highest BCUT2D eigenvalue weighted by molar-refractivity contribution is 5.29. The largest absolute Gasteiger partial charge is 0.153 e. The first-order chi connectivity index (χ1) is 7.66. The lowest BCUT2D eigenvalue weighted by atomic mass is 10.1. The van der Waals surface area contributed by atoms with Crippen molar-refractivity contribution < 1.29 is 0 Å². The summed E-state index contributed by atoms with van der Waals surface area (Å²) in [6.07, 6.45) is 0.985. The lowest BCUT2D eigenvalue weighted by molar-refractivity contribution is 0.624. The summed E-state index contributed by atoms with van der Waals surface area (Å²) in [6, 6.07) is 10.0. The van der Waals surface area contributed by atoms with Crippen molar-refractivity contribution in [3.63, 3.8) is 0 Å². The highest BCUT2D eigenvalue weighted by Gasteiger charge is 2.09. The van der Waals surface area contributed by atoms with E-state index in [4.69, 9.17) is 0 Å². The molecule has 1 heterocycles. The summed E-state index contributed by atoms with van der Waals surface area (Å²) < 4.78 is 0. The molecular weight excluding hydrogens is 198 g/mol. The van der Waals surface area contributed by atoms with Gasteiger partial charge in [-0.25, -0.2) is 0 Å². The van der Waals surface area contributed by atoms with Crippen molar-refractivity contribution in [2.24, 2.45) is 5.92 Å². The first-order valence-corrected chi connectivity index (χ1v) is 5.65. The van der Waals surface area contributed by atoms with E-state index >= 15 is 0 Å². The lowest BCUT2D eigenvalue weighted by Gasteiger charge is -2.00. The molecule has 84 valence electrons. The normalized spacial score (nSPS) is 11.0. The summed E-state index contributed by atoms with van der Waals surface area (Å²) >= 11 is 0. The van der Waals surface area contributed by atoms with Gasteiger partial charge < -0.3 is 0 Å². The van der Waals surface area contributed by atoms with Crippen molar-refractivity contribution >= 4 is 0 Å². The maximum Gasteiger partial charge on any atom is 0.0863 e. The van der Waals surface area contributed by atoms with E-state index in [1.807, 2.05) is 37.3 Å². The standard InChI is InChI=1S/C13H17N3/c1-10(2)9-13-11(3)14-16(15-13)12-7-5-4-6-8-12/h4-8,10H,9H2,1-3H3. The van der Waals surface area contributed by atoms with Crippen LogP contribution in [0.5, 0.6) is 0 Å². The Hall–Kier alpha value is -1.64. The van der Waals surface area contributed by atoms with Gasteiger partial charge in [0.1, 0.15) is 0 Å². The third-order valence-electron chi connectivity index (χ3n) is 2.47. The molecule has 0 amide bonds. The van der Waals surface area contributed by atoms with Crippen molar-refractivity contribution in [3.8, 4) is 5.69 Å². The van der Waals surface area contributed by atoms with E-state index < -0.39 is 0 Å². The number of nitrogens with zero attached hydrogens (tertiary/aromatic N) is 3. The minimum Gasteiger partial charge on any atom is -0.153 e. The highest BCUT2D eigenvalue weighted by Crippen LogP contribution is 2.11. The number of hydrogen-bond donors (Lipinski definition) is 0.